The Balaban J connectivity index is 1.62. The van der Waals surface area contributed by atoms with Gasteiger partial charge in [-0.2, -0.15) is 4.31 Å². The lowest BCUT2D eigenvalue weighted by molar-refractivity contribution is 0.298. The fourth-order valence-corrected chi connectivity index (χ4v) is 5.82. The molecule has 0 N–H and O–H groups in total. The van der Waals surface area contributed by atoms with Crippen molar-refractivity contribution in [3.05, 3.63) is 96.3 Å². The Morgan fingerprint density at radius 1 is 0.867 bits per heavy atom. The first-order chi connectivity index (χ1) is 14.6. The van der Waals surface area contributed by atoms with Crippen LogP contribution in [0.5, 0.6) is 5.75 Å². The van der Waals surface area contributed by atoms with Gasteiger partial charge in [-0.1, -0.05) is 42.5 Å². The summed E-state index contributed by atoms with van der Waals surface area (Å²) in [5.41, 5.74) is 1.88. The number of hydrogen-bond donors (Lipinski definition) is 0. The van der Waals surface area contributed by atoms with Crippen molar-refractivity contribution in [2.45, 2.75) is 17.5 Å². The number of ether oxygens (including phenoxy) is 1. The van der Waals surface area contributed by atoms with E-state index < -0.39 is 16.1 Å². The van der Waals surface area contributed by atoms with Crippen molar-refractivity contribution in [2.24, 2.45) is 0 Å². The van der Waals surface area contributed by atoms with E-state index in [-0.39, 0.29) is 0 Å². The van der Waals surface area contributed by atoms with Crippen LogP contribution in [0.15, 0.2) is 90.0 Å². The van der Waals surface area contributed by atoms with Crippen molar-refractivity contribution < 1.29 is 13.2 Å². The molecular formula is C24H22N2O3S. The zero-order chi connectivity index (χ0) is 20.7. The summed E-state index contributed by atoms with van der Waals surface area (Å²) >= 11 is 0. The predicted octanol–water partition coefficient (Wildman–Crippen LogP) is 4.44. The Bertz CT molecular complexity index is 1310. The molecule has 1 aliphatic rings. The Morgan fingerprint density at radius 3 is 2.40 bits per heavy atom. The minimum atomic E-state index is -3.70. The molecule has 152 valence electrons. The highest BCUT2D eigenvalue weighted by Gasteiger charge is 2.37. The molecule has 0 radical (unpaired) electrons. The first-order valence-corrected chi connectivity index (χ1v) is 11.3. The standard InChI is InChI=1S/C24H22N2O3S/c1-29-21-11-8-19(9-12-21)24-23-7-4-14-25(23)15-16-26(24)30(27,28)22-13-10-18-5-2-3-6-20(18)17-22/h2-14,17,24H,15-16H2,1H3/t24-/m1/s1. The van der Waals surface area contributed by atoms with Crippen LogP contribution in [0.2, 0.25) is 0 Å². The minimum absolute atomic E-state index is 0.319. The van der Waals surface area contributed by atoms with E-state index in [0.29, 0.717) is 18.0 Å². The summed E-state index contributed by atoms with van der Waals surface area (Å²) in [5, 5.41) is 1.94. The molecule has 1 aliphatic heterocycles. The van der Waals surface area contributed by atoms with Gasteiger partial charge in [-0.25, -0.2) is 8.42 Å². The van der Waals surface area contributed by atoms with E-state index in [1.807, 2.05) is 72.9 Å². The van der Waals surface area contributed by atoms with Crippen LogP contribution < -0.4 is 4.74 Å². The lowest BCUT2D eigenvalue weighted by atomic mass is 10.0. The average molecular weight is 419 g/mol. The first-order valence-electron chi connectivity index (χ1n) is 9.87. The predicted molar refractivity (Wildman–Crippen MR) is 117 cm³/mol. The van der Waals surface area contributed by atoms with Crippen molar-refractivity contribution in [2.75, 3.05) is 13.7 Å². The highest BCUT2D eigenvalue weighted by atomic mass is 32.2. The van der Waals surface area contributed by atoms with Gasteiger partial charge in [0.05, 0.1) is 18.0 Å². The molecular weight excluding hydrogens is 396 g/mol. The molecule has 0 bridgehead atoms. The fraction of sp³-hybridized carbons (Fsp3) is 0.167. The fourth-order valence-electron chi connectivity index (χ4n) is 4.21. The molecule has 0 spiro atoms. The van der Waals surface area contributed by atoms with Crippen LogP contribution in [-0.4, -0.2) is 30.9 Å². The van der Waals surface area contributed by atoms with Crippen molar-refractivity contribution >= 4 is 20.8 Å². The number of rotatable bonds is 4. The third-order valence-electron chi connectivity index (χ3n) is 5.75. The molecule has 6 heteroatoms. The molecule has 3 aromatic carbocycles. The van der Waals surface area contributed by atoms with Crippen LogP contribution in [0, 0.1) is 0 Å². The van der Waals surface area contributed by atoms with Gasteiger partial charge in [0.1, 0.15) is 5.75 Å². The van der Waals surface area contributed by atoms with E-state index in [1.165, 1.54) is 0 Å². The number of sulfonamides is 1. The zero-order valence-electron chi connectivity index (χ0n) is 16.6. The van der Waals surface area contributed by atoms with E-state index in [0.717, 1.165) is 27.8 Å². The maximum absolute atomic E-state index is 13.8. The van der Waals surface area contributed by atoms with Crippen molar-refractivity contribution in [3.8, 4) is 5.75 Å². The molecule has 0 aliphatic carbocycles. The molecule has 5 rings (SSSR count). The molecule has 1 aromatic heterocycles. The van der Waals surface area contributed by atoms with E-state index in [1.54, 1.807) is 23.5 Å². The summed E-state index contributed by atoms with van der Waals surface area (Å²) in [7, 11) is -2.08. The summed E-state index contributed by atoms with van der Waals surface area (Å²) in [5.74, 6) is 0.744. The zero-order valence-corrected chi connectivity index (χ0v) is 17.4. The second-order valence-electron chi connectivity index (χ2n) is 7.43. The normalized spacial score (nSPS) is 17.0. The lowest BCUT2D eigenvalue weighted by Gasteiger charge is -2.36. The van der Waals surface area contributed by atoms with Crippen molar-refractivity contribution in [3.63, 3.8) is 0 Å². The highest BCUT2D eigenvalue weighted by molar-refractivity contribution is 7.89. The molecule has 30 heavy (non-hydrogen) atoms. The highest BCUT2D eigenvalue weighted by Crippen LogP contribution is 2.37. The minimum Gasteiger partial charge on any atom is -0.497 e. The van der Waals surface area contributed by atoms with Gasteiger partial charge in [-0.05, 0) is 52.7 Å². The van der Waals surface area contributed by atoms with Gasteiger partial charge < -0.3 is 9.30 Å². The Labute approximate surface area is 176 Å². The Morgan fingerprint density at radius 2 is 1.63 bits per heavy atom. The van der Waals surface area contributed by atoms with Crippen LogP contribution in [0.3, 0.4) is 0 Å². The quantitative estimate of drug-likeness (QED) is 0.492. The molecule has 0 fully saturated rings. The van der Waals surface area contributed by atoms with E-state index in [4.69, 9.17) is 4.74 Å². The molecule has 4 aromatic rings. The molecule has 5 nitrogen and oxygen atoms in total. The number of benzene rings is 3. The summed E-state index contributed by atoms with van der Waals surface area (Å²) < 4.78 is 36.5. The molecule has 0 amide bonds. The van der Waals surface area contributed by atoms with Gasteiger partial charge in [0.25, 0.3) is 0 Å². The Hall–Kier alpha value is -3.09. The summed E-state index contributed by atoms with van der Waals surface area (Å²) in [4.78, 5) is 0.319. The number of nitrogens with zero attached hydrogens (tertiary/aromatic N) is 2. The Kier molecular flexibility index (Phi) is 4.60. The largest absolute Gasteiger partial charge is 0.497 e. The van der Waals surface area contributed by atoms with Crippen molar-refractivity contribution in [1.82, 2.24) is 8.87 Å². The lowest BCUT2D eigenvalue weighted by Crippen LogP contribution is -2.42. The monoisotopic (exact) mass is 418 g/mol. The van der Waals surface area contributed by atoms with E-state index >= 15 is 0 Å². The summed E-state index contributed by atoms with van der Waals surface area (Å²) in [6.07, 6.45) is 2.01. The van der Waals surface area contributed by atoms with Gasteiger partial charge >= 0.3 is 0 Å². The number of hydrogen-bond acceptors (Lipinski definition) is 3. The van der Waals surface area contributed by atoms with Gasteiger partial charge in [0.2, 0.25) is 10.0 Å². The molecule has 0 saturated carbocycles. The summed E-state index contributed by atoms with van der Waals surface area (Å²) in [6, 6.07) is 24.3. The maximum Gasteiger partial charge on any atom is 0.244 e. The second kappa shape index (κ2) is 7.31. The van der Waals surface area contributed by atoms with E-state index in [2.05, 4.69) is 4.57 Å². The van der Waals surface area contributed by atoms with Crippen LogP contribution in [0.4, 0.5) is 0 Å². The number of methoxy groups -OCH3 is 1. The van der Waals surface area contributed by atoms with Gasteiger partial charge in [-0.3, -0.25) is 0 Å². The van der Waals surface area contributed by atoms with Crippen LogP contribution in [0.1, 0.15) is 17.3 Å². The summed E-state index contributed by atoms with van der Waals surface area (Å²) in [6.45, 7) is 1.04. The maximum atomic E-state index is 13.8. The smallest absolute Gasteiger partial charge is 0.244 e. The first kappa shape index (κ1) is 18.9. The topological polar surface area (TPSA) is 51.5 Å². The van der Waals surface area contributed by atoms with Crippen molar-refractivity contribution in [1.29, 1.82) is 0 Å². The van der Waals surface area contributed by atoms with Crippen LogP contribution in [-0.2, 0) is 16.6 Å². The van der Waals surface area contributed by atoms with E-state index in [9.17, 15) is 8.42 Å². The van der Waals surface area contributed by atoms with Gasteiger partial charge in [0.15, 0.2) is 0 Å². The van der Waals surface area contributed by atoms with Gasteiger partial charge in [-0.15, -0.1) is 0 Å². The van der Waals surface area contributed by atoms with Crippen LogP contribution in [0.25, 0.3) is 10.8 Å². The number of fused-ring (bicyclic) bond motifs is 2. The van der Waals surface area contributed by atoms with Gasteiger partial charge in [0, 0.05) is 25.0 Å². The molecule has 0 unspecified atom stereocenters. The average Bonchev–Trinajstić information content (AvgIpc) is 3.27. The SMILES string of the molecule is COc1ccc([C@@H]2c3cccn3CCN2S(=O)(=O)c2ccc3ccccc3c2)cc1. The second-order valence-corrected chi connectivity index (χ2v) is 9.32. The third kappa shape index (κ3) is 3.09. The molecule has 0 saturated heterocycles. The third-order valence-corrected chi connectivity index (χ3v) is 7.61. The number of aromatic nitrogens is 1. The van der Waals surface area contributed by atoms with Crippen LogP contribution >= 0.6 is 0 Å². The molecule has 1 atom stereocenters. The molecule has 2 heterocycles.